The summed E-state index contributed by atoms with van der Waals surface area (Å²) in [7, 11) is 0. The number of ether oxygens (including phenoxy) is 4. The molecule has 0 spiro atoms. The lowest BCUT2D eigenvalue weighted by atomic mass is 10.1. The second-order valence-corrected chi connectivity index (χ2v) is 6.76. The topological polar surface area (TPSA) is 105 Å². The van der Waals surface area contributed by atoms with Crippen molar-refractivity contribution in [3.05, 3.63) is 70.8 Å². The van der Waals surface area contributed by atoms with Gasteiger partial charge in [0.05, 0.1) is 48.7 Å². The van der Waals surface area contributed by atoms with E-state index in [1.54, 1.807) is 48.5 Å². The Morgan fingerprint density at radius 2 is 0.613 bits per heavy atom. The fourth-order valence-electron chi connectivity index (χ4n) is 2.74. The highest BCUT2D eigenvalue weighted by atomic mass is 16.5. The maximum atomic E-state index is 11.5. The van der Waals surface area contributed by atoms with Gasteiger partial charge in [0.1, 0.15) is 0 Å². The lowest BCUT2D eigenvalue weighted by Gasteiger charge is -2.09. The third-order valence-electron chi connectivity index (χ3n) is 4.47. The molecule has 2 aromatic rings. The van der Waals surface area contributed by atoms with E-state index in [0.29, 0.717) is 54.7 Å². The van der Waals surface area contributed by atoms with E-state index in [1.807, 2.05) is 0 Å². The first-order valence-corrected chi connectivity index (χ1v) is 9.93. The molecule has 4 heterocycles. The van der Waals surface area contributed by atoms with Gasteiger partial charge >= 0.3 is 23.9 Å². The SMILES string of the molecule is O=C1OCCCCOC(=O)c2ccc1cc2.O=C1OCCCOC(=O)c2ccc1cc2. The predicted octanol–water partition coefficient (Wildman–Crippen LogP) is 3.20. The predicted molar refractivity (Wildman–Crippen MR) is 108 cm³/mol. The third-order valence-corrected chi connectivity index (χ3v) is 4.47. The second-order valence-electron chi connectivity index (χ2n) is 6.76. The molecule has 0 aliphatic carbocycles. The number of hydrogen-bond acceptors (Lipinski definition) is 8. The quantitative estimate of drug-likeness (QED) is 0.467. The van der Waals surface area contributed by atoms with Crippen molar-refractivity contribution in [1.29, 1.82) is 0 Å². The smallest absolute Gasteiger partial charge is 0.338 e. The van der Waals surface area contributed by atoms with Crippen LogP contribution in [0.4, 0.5) is 0 Å². The summed E-state index contributed by atoms with van der Waals surface area (Å²) in [4.78, 5) is 45.7. The highest BCUT2D eigenvalue weighted by Gasteiger charge is 2.13. The number of carbonyl (C=O) groups is 4. The summed E-state index contributed by atoms with van der Waals surface area (Å²) in [5.74, 6) is -1.42. The van der Waals surface area contributed by atoms with Gasteiger partial charge in [0.15, 0.2) is 0 Å². The van der Waals surface area contributed by atoms with Crippen LogP contribution in [-0.4, -0.2) is 50.3 Å². The van der Waals surface area contributed by atoms with Gasteiger partial charge in [0.25, 0.3) is 0 Å². The molecule has 8 nitrogen and oxygen atoms in total. The van der Waals surface area contributed by atoms with E-state index in [4.69, 9.17) is 18.9 Å². The number of rotatable bonds is 0. The van der Waals surface area contributed by atoms with Crippen LogP contribution >= 0.6 is 0 Å². The van der Waals surface area contributed by atoms with Gasteiger partial charge in [0.2, 0.25) is 0 Å². The third kappa shape index (κ3) is 6.40. The van der Waals surface area contributed by atoms with Crippen molar-refractivity contribution in [2.24, 2.45) is 0 Å². The van der Waals surface area contributed by atoms with Gasteiger partial charge in [-0.1, -0.05) is 0 Å². The maximum Gasteiger partial charge on any atom is 0.338 e. The number of benzene rings is 2. The molecule has 0 saturated carbocycles. The summed E-state index contributed by atoms with van der Waals surface area (Å²) in [5, 5.41) is 0. The summed E-state index contributed by atoms with van der Waals surface area (Å²) in [6, 6.07) is 12.5. The van der Waals surface area contributed by atoms with Crippen LogP contribution in [0.1, 0.15) is 60.7 Å². The molecule has 162 valence electrons. The average molecular weight is 426 g/mol. The Bertz CT molecular complexity index is 855. The van der Waals surface area contributed by atoms with Gasteiger partial charge in [-0.2, -0.15) is 0 Å². The largest absolute Gasteiger partial charge is 0.462 e. The van der Waals surface area contributed by atoms with Gasteiger partial charge in [-0.3, -0.25) is 0 Å². The van der Waals surface area contributed by atoms with Crippen LogP contribution in [0.2, 0.25) is 0 Å². The van der Waals surface area contributed by atoms with Crippen molar-refractivity contribution < 1.29 is 38.1 Å². The van der Waals surface area contributed by atoms with Gasteiger partial charge in [-0.05, 0) is 61.4 Å². The van der Waals surface area contributed by atoms with Crippen LogP contribution in [0, 0.1) is 0 Å². The van der Waals surface area contributed by atoms with E-state index < -0.39 is 0 Å². The molecule has 2 aromatic carbocycles. The first-order valence-electron chi connectivity index (χ1n) is 9.93. The van der Waals surface area contributed by atoms with Crippen molar-refractivity contribution in [2.45, 2.75) is 19.3 Å². The molecule has 4 aliphatic rings. The molecule has 8 heteroatoms. The van der Waals surface area contributed by atoms with Crippen LogP contribution in [-0.2, 0) is 18.9 Å². The standard InChI is InChI=1S/C12H12O4.C11H10O4/c13-11-9-3-5-10(6-4-9)12(14)16-8-2-1-7-15-11;12-10-8-2-3-9(5-4-8)11(13)15-7-1-6-14-10/h3-6H,1-2,7-8H2;2-5H,1,6-7H2. The minimum absolute atomic E-state index is 0.270. The van der Waals surface area contributed by atoms with Crippen molar-refractivity contribution in [3.63, 3.8) is 0 Å². The zero-order valence-corrected chi connectivity index (χ0v) is 16.8. The molecule has 4 aliphatic heterocycles. The van der Waals surface area contributed by atoms with E-state index in [-0.39, 0.29) is 37.1 Å². The molecule has 0 radical (unpaired) electrons. The molecular weight excluding hydrogens is 404 g/mol. The van der Waals surface area contributed by atoms with Crippen LogP contribution in [0.5, 0.6) is 0 Å². The second kappa shape index (κ2) is 10.9. The summed E-state index contributed by atoms with van der Waals surface area (Å²) in [5.41, 5.74) is 1.82. The molecule has 0 unspecified atom stereocenters. The molecule has 0 aromatic heterocycles. The molecule has 0 fully saturated rings. The normalized spacial score (nSPS) is 16.8. The minimum Gasteiger partial charge on any atom is -0.462 e. The number of fused-ring (bicyclic) bond motifs is 17. The van der Waals surface area contributed by atoms with Crippen molar-refractivity contribution in [3.8, 4) is 0 Å². The Balaban J connectivity index is 0.000000176. The van der Waals surface area contributed by atoms with E-state index in [9.17, 15) is 19.2 Å². The van der Waals surface area contributed by atoms with Crippen molar-refractivity contribution >= 4 is 23.9 Å². The van der Waals surface area contributed by atoms with Crippen LogP contribution in [0.15, 0.2) is 48.5 Å². The van der Waals surface area contributed by atoms with E-state index in [2.05, 4.69) is 0 Å². The van der Waals surface area contributed by atoms with Gasteiger partial charge in [-0.25, -0.2) is 19.2 Å². The Kier molecular flexibility index (Phi) is 7.75. The molecule has 0 amide bonds. The number of carbonyl (C=O) groups excluding carboxylic acids is 4. The average Bonchev–Trinajstić information content (AvgIpc) is 2.84. The Morgan fingerprint density at radius 1 is 0.387 bits per heavy atom. The van der Waals surface area contributed by atoms with Gasteiger partial charge in [0, 0.05) is 6.42 Å². The van der Waals surface area contributed by atoms with Crippen LogP contribution in [0.3, 0.4) is 0 Å². The van der Waals surface area contributed by atoms with Gasteiger partial charge in [-0.15, -0.1) is 0 Å². The Morgan fingerprint density at radius 3 is 0.871 bits per heavy atom. The molecule has 6 rings (SSSR count). The van der Waals surface area contributed by atoms with Crippen molar-refractivity contribution in [1.82, 2.24) is 0 Å². The lowest BCUT2D eigenvalue weighted by Crippen LogP contribution is -2.12. The summed E-state index contributed by atoms with van der Waals surface area (Å²) in [6.07, 6.45) is 1.93. The van der Waals surface area contributed by atoms with E-state index in [0.717, 1.165) is 0 Å². The fourth-order valence-corrected chi connectivity index (χ4v) is 2.74. The van der Waals surface area contributed by atoms with Crippen LogP contribution in [0.25, 0.3) is 0 Å². The highest BCUT2D eigenvalue weighted by molar-refractivity contribution is 5.94. The summed E-state index contributed by atoms with van der Waals surface area (Å²) < 4.78 is 20.0. The fraction of sp³-hybridized carbons (Fsp3) is 0.304. The van der Waals surface area contributed by atoms with E-state index >= 15 is 0 Å². The number of esters is 4. The zero-order chi connectivity index (χ0) is 22.1. The van der Waals surface area contributed by atoms with Crippen LogP contribution < -0.4 is 0 Å². The molecule has 4 bridgehead atoms. The molecule has 0 atom stereocenters. The monoisotopic (exact) mass is 426 g/mol. The summed E-state index contributed by atoms with van der Waals surface area (Å²) in [6.45, 7) is 1.26. The minimum atomic E-state index is -0.365. The van der Waals surface area contributed by atoms with Gasteiger partial charge < -0.3 is 18.9 Å². The van der Waals surface area contributed by atoms with E-state index in [1.165, 1.54) is 0 Å². The zero-order valence-electron chi connectivity index (χ0n) is 16.8. The Labute approximate surface area is 179 Å². The molecular formula is C23H22O8. The number of hydrogen-bond donors (Lipinski definition) is 0. The highest BCUT2D eigenvalue weighted by Crippen LogP contribution is 2.10. The molecule has 0 saturated heterocycles. The van der Waals surface area contributed by atoms with Crippen molar-refractivity contribution in [2.75, 3.05) is 26.4 Å². The first kappa shape index (κ1) is 22.0. The summed E-state index contributed by atoms with van der Waals surface area (Å²) >= 11 is 0. The molecule has 0 N–H and O–H groups in total. The lowest BCUT2D eigenvalue weighted by molar-refractivity contribution is 0.0399. The first-order chi connectivity index (χ1) is 15.0. The maximum absolute atomic E-state index is 11.5. The molecule has 31 heavy (non-hydrogen) atoms. The Hall–Kier alpha value is -3.68.